The number of halogens is 2. The Hall–Kier alpha value is 0.110. The Morgan fingerprint density at radius 2 is 2.00 bits per heavy atom. The van der Waals surface area contributed by atoms with E-state index >= 15 is 0 Å². The smallest absolute Gasteiger partial charge is 0.110 e. The predicted molar refractivity (Wildman–Crippen MR) is 53.7 cm³/mol. The lowest BCUT2D eigenvalue weighted by molar-refractivity contribution is 0.843. The van der Waals surface area contributed by atoms with Gasteiger partial charge in [0.15, 0.2) is 0 Å². The van der Waals surface area contributed by atoms with Crippen LogP contribution in [0.3, 0.4) is 0 Å². The number of pyridine rings is 1. The molecule has 11 heavy (non-hydrogen) atoms. The summed E-state index contributed by atoms with van der Waals surface area (Å²) in [6.45, 7) is 4.29. The molecule has 1 nitrogen and oxygen atoms in total. The summed E-state index contributed by atoms with van der Waals surface area (Å²) in [6.07, 6.45) is 1.78. The molecule has 3 heteroatoms. The van der Waals surface area contributed by atoms with Crippen molar-refractivity contribution in [2.45, 2.75) is 19.8 Å². The van der Waals surface area contributed by atoms with Crippen LogP contribution < -0.4 is 0 Å². The first kappa shape index (κ1) is 9.20. The molecule has 1 aromatic rings. The van der Waals surface area contributed by atoms with Crippen LogP contribution in [-0.4, -0.2) is 4.98 Å². The average molecular weight is 279 g/mol. The third-order valence-electron chi connectivity index (χ3n) is 1.47. The summed E-state index contributed by atoms with van der Waals surface area (Å²) < 4.78 is 2.05. The van der Waals surface area contributed by atoms with Crippen LogP contribution in [0.5, 0.6) is 0 Å². The van der Waals surface area contributed by atoms with Crippen molar-refractivity contribution in [2.75, 3.05) is 0 Å². The Morgan fingerprint density at radius 3 is 2.36 bits per heavy atom. The predicted octanol–water partition coefficient (Wildman–Crippen LogP) is 3.73. The van der Waals surface area contributed by atoms with Gasteiger partial charge in [-0.1, -0.05) is 29.8 Å². The van der Waals surface area contributed by atoms with Gasteiger partial charge in [-0.3, -0.25) is 0 Å². The normalized spacial score (nSPS) is 10.6. The molecule has 0 aliphatic rings. The van der Waals surface area contributed by atoms with Gasteiger partial charge in [-0.2, -0.15) is 0 Å². The highest BCUT2D eigenvalue weighted by atomic mass is 79.9. The summed E-state index contributed by atoms with van der Waals surface area (Å²) >= 11 is 6.88. The molecule has 0 N–H and O–H groups in total. The topological polar surface area (TPSA) is 12.9 Å². The standard InChI is InChI=1S/C8H9Br2N/c1-5(2)7-6(9)3-4-11-8(7)10/h3-5H,1-2H3. The lowest BCUT2D eigenvalue weighted by Crippen LogP contribution is -1.92. The van der Waals surface area contributed by atoms with Crippen molar-refractivity contribution in [3.05, 3.63) is 26.9 Å². The molecule has 0 amide bonds. The fourth-order valence-corrected chi connectivity index (χ4v) is 2.76. The minimum atomic E-state index is 0.493. The van der Waals surface area contributed by atoms with Crippen LogP contribution in [0.15, 0.2) is 21.3 Å². The number of hydrogen-bond donors (Lipinski definition) is 0. The maximum Gasteiger partial charge on any atom is 0.110 e. The number of hydrogen-bond acceptors (Lipinski definition) is 1. The van der Waals surface area contributed by atoms with Crippen LogP contribution in [0.1, 0.15) is 25.3 Å². The van der Waals surface area contributed by atoms with Crippen molar-refractivity contribution >= 4 is 31.9 Å². The minimum Gasteiger partial charge on any atom is -0.249 e. The zero-order chi connectivity index (χ0) is 8.43. The Morgan fingerprint density at radius 1 is 1.36 bits per heavy atom. The highest BCUT2D eigenvalue weighted by molar-refractivity contribution is 9.11. The SMILES string of the molecule is CC(C)c1c(Br)ccnc1Br. The summed E-state index contributed by atoms with van der Waals surface area (Å²) in [4.78, 5) is 4.15. The summed E-state index contributed by atoms with van der Waals surface area (Å²) in [5.41, 5.74) is 1.23. The van der Waals surface area contributed by atoms with Crippen molar-refractivity contribution < 1.29 is 0 Å². The molecule has 0 fully saturated rings. The van der Waals surface area contributed by atoms with E-state index in [-0.39, 0.29) is 0 Å². The van der Waals surface area contributed by atoms with Gasteiger partial charge in [0, 0.05) is 16.2 Å². The van der Waals surface area contributed by atoms with E-state index < -0.39 is 0 Å². The van der Waals surface area contributed by atoms with Gasteiger partial charge in [-0.25, -0.2) is 4.98 Å². The molecule has 1 aromatic heterocycles. The first-order valence-electron chi connectivity index (χ1n) is 3.43. The first-order valence-corrected chi connectivity index (χ1v) is 5.01. The summed E-state index contributed by atoms with van der Waals surface area (Å²) in [7, 11) is 0. The molecular formula is C8H9Br2N. The van der Waals surface area contributed by atoms with E-state index in [1.54, 1.807) is 6.20 Å². The second-order valence-electron chi connectivity index (χ2n) is 2.65. The second-order valence-corrected chi connectivity index (χ2v) is 4.26. The van der Waals surface area contributed by atoms with Gasteiger partial charge >= 0.3 is 0 Å². The van der Waals surface area contributed by atoms with Gasteiger partial charge < -0.3 is 0 Å². The van der Waals surface area contributed by atoms with E-state index in [9.17, 15) is 0 Å². The van der Waals surface area contributed by atoms with Crippen molar-refractivity contribution in [1.82, 2.24) is 4.98 Å². The lowest BCUT2D eigenvalue weighted by atomic mass is 10.1. The number of nitrogens with zero attached hydrogens (tertiary/aromatic N) is 1. The van der Waals surface area contributed by atoms with Gasteiger partial charge in [0.2, 0.25) is 0 Å². The maximum atomic E-state index is 4.15. The van der Waals surface area contributed by atoms with E-state index in [4.69, 9.17) is 0 Å². The second kappa shape index (κ2) is 3.68. The molecule has 60 valence electrons. The quantitative estimate of drug-likeness (QED) is 0.714. The third kappa shape index (κ3) is 2.03. The Balaban J connectivity index is 3.21. The molecular weight excluding hydrogens is 270 g/mol. The van der Waals surface area contributed by atoms with Crippen LogP contribution in [0.25, 0.3) is 0 Å². The molecule has 1 rings (SSSR count). The van der Waals surface area contributed by atoms with Gasteiger partial charge in [0.1, 0.15) is 4.60 Å². The van der Waals surface area contributed by atoms with E-state index in [1.165, 1.54) is 5.56 Å². The molecule has 0 atom stereocenters. The van der Waals surface area contributed by atoms with Gasteiger partial charge in [-0.05, 0) is 27.9 Å². The Bertz CT molecular complexity index is 238. The van der Waals surface area contributed by atoms with E-state index in [2.05, 4.69) is 50.7 Å². The van der Waals surface area contributed by atoms with E-state index in [0.29, 0.717) is 5.92 Å². The van der Waals surface area contributed by atoms with Gasteiger partial charge in [0.05, 0.1) is 0 Å². The van der Waals surface area contributed by atoms with Crippen molar-refractivity contribution in [1.29, 1.82) is 0 Å². The highest BCUT2D eigenvalue weighted by Gasteiger charge is 2.08. The molecule has 1 heterocycles. The first-order chi connectivity index (χ1) is 5.13. The molecule has 0 aliphatic carbocycles. The average Bonchev–Trinajstić information content (AvgIpc) is 1.85. The molecule has 0 saturated heterocycles. The van der Waals surface area contributed by atoms with Crippen LogP contribution in [0.2, 0.25) is 0 Å². The van der Waals surface area contributed by atoms with E-state index in [0.717, 1.165) is 9.08 Å². The maximum absolute atomic E-state index is 4.15. The summed E-state index contributed by atoms with van der Waals surface area (Å²) in [5, 5.41) is 0. The Labute approximate surface area is 83.5 Å². The largest absolute Gasteiger partial charge is 0.249 e. The van der Waals surface area contributed by atoms with Crippen LogP contribution in [0, 0.1) is 0 Å². The number of rotatable bonds is 1. The summed E-state index contributed by atoms with van der Waals surface area (Å²) in [5.74, 6) is 0.493. The number of aromatic nitrogens is 1. The van der Waals surface area contributed by atoms with E-state index in [1.807, 2.05) is 6.07 Å². The summed E-state index contributed by atoms with van der Waals surface area (Å²) in [6, 6.07) is 1.96. The van der Waals surface area contributed by atoms with Gasteiger partial charge in [-0.15, -0.1) is 0 Å². The van der Waals surface area contributed by atoms with Crippen LogP contribution in [-0.2, 0) is 0 Å². The highest BCUT2D eigenvalue weighted by Crippen LogP contribution is 2.29. The lowest BCUT2D eigenvalue weighted by Gasteiger charge is -2.08. The van der Waals surface area contributed by atoms with Gasteiger partial charge in [0.25, 0.3) is 0 Å². The van der Waals surface area contributed by atoms with Crippen LogP contribution in [0.4, 0.5) is 0 Å². The zero-order valence-electron chi connectivity index (χ0n) is 6.44. The third-order valence-corrected chi connectivity index (χ3v) is 2.79. The molecule has 0 saturated carbocycles. The molecule has 0 radical (unpaired) electrons. The fourth-order valence-electron chi connectivity index (χ4n) is 0.940. The van der Waals surface area contributed by atoms with Crippen molar-refractivity contribution in [3.63, 3.8) is 0 Å². The zero-order valence-corrected chi connectivity index (χ0v) is 9.61. The molecule has 0 aromatic carbocycles. The molecule has 0 aliphatic heterocycles. The monoisotopic (exact) mass is 277 g/mol. The minimum absolute atomic E-state index is 0.493. The van der Waals surface area contributed by atoms with Crippen molar-refractivity contribution in [2.24, 2.45) is 0 Å². The molecule has 0 spiro atoms. The molecule has 0 bridgehead atoms. The van der Waals surface area contributed by atoms with Crippen LogP contribution >= 0.6 is 31.9 Å². The van der Waals surface area contributed by atoms with Crippen molar-refractivity contribution in [3.8, 4) is 0 Å². The fraction of sp³-hybridized carbons (Fsp3) is 0.375. The Kier molecular flexibility index (Phi) is 3.07. The molecule has 0 unspecified atom stereocenters.